The summed E-state index contributed by atoms with van der Waals surface area (Å²) in [5.74, 6) is 0.378. The maximum absolute atomic E-state index is 12.0. The van der Waals surface area contributed by atoms with Gasteiger partial charge >= 0.3 is 5.97 Å². The van der Waals surface area contributed by atoms with Gasteiger partial charge in [-0.3, -0.25) is 9.59 Å². The summed E-state index contributed by atoms with van der Waals surface area (Å²) in [5, 5.41) is 2.70. The van der Waals surface area contributed by atoms with Gasteiger partial charge in [-0.25, -0.2) is 0 Å². The Morgan fingerprint density at radius 3 is 2.57 bits per heavy atom. The molecule has 2 rings (SSSR count). The molecule has 1 saturated carbocycles. The topological polar surface area (TPSA) is 55.4 Å². The highest BCUT2D eigenvalue weighted by molar-refractivity contribution is 5.88. The highest BCUT2D eigenvalue weighted by Crippen LogP contribution is 2.26. The van der Waals surface area contributed by atoms with Crippen LogP contribution >= 0.6 is 0 Å². The fourth-order valence-corrected chi connectivity index (χ4v) is 2.79. The monoisotopic (exact) mass is 289 g/mol. The smallest absolute Gasteiger partial charge is 0.310 e. The lowest BCUT2D eigenvalue weighted by Crippen LogP contribution is -2.25. The second-order valence-corrected chi connectivity index (χ2v) is 5.94. The highest BCUT2D eigenvalue weighted by Gasteiger charge is 2.22. The molecule has 0 aromatic heterocycles. The van der Waals surface area contributed by atoms with E-state index in [2.05, 4.69) is 12.2 Å². The lowest BCUT2D eigenvalue weighted by atomic mass is 9.89. The van der Waals surface area contributed by atoms with Crippen LogP contribution in [0.5, 0.6) is 0 Å². The van der Waals surface area contributed by atoms with E-state index in [-0.39, 0.29) is 24.4 Å². The number of amides is 1. The van der Waals surface area contributed by atoms with Crippen molar-refractivity contribution < 1.29 is 14.3 Å². The molecule has 1 aromatic rings. The first-order chi connectivity index (χ1) is 10.0. The molecule has 1 aromatic carbocycles. The van der Waals surface area contributed by atoms with E-state index >= 15 is 0 Å². The summed E-state index contributed by atoms with van der Waals surface area (Å²) in [7, 11) is 0. The average Bonchev–Trinajstić information content (AvgIpc) is 2.40. The molecule has 4 heteroatoms. The second-order valence-electron chi connectivity index (χ2n) is 5.94. The molecule has 0 radical (unpaired) electrons. The molecule has 0 heterocycles. The zero-order chi connectivity index (χ0) is 15.2. The molecule has 0 aliphatic heterocycles. The van der Waals surface area contributed by atoms with E-state index in [0.29, 0.717) is 5.92 Å². The Balaban J connectivity index is 1.83. The maximum Gasteiger partial charge on any atom is 0.310 e. The third-order valence-electron chi connectivity index (χ3n) is 3.81. The predicted octanol–water partition coefficient (Wildman–Crippen LogP) is 3.31. The normalized spacial score (nSPS) is 21.6. The first-order valence-electron chi connectivity index (χ1n) is 7.59. The van der Waals surface area contributed by atoms with Crippen molar-refractivity contribution in [3.05, 3.63) is 29.8 Å². The molecular formula is C17H23NO3. The number of nitrogens with one attached hydrogen (secondary N) is 1. The van der Waals surface area contributed by atoms with E-state index in [1.54, 1.807) is 12.1 Å². The van der Waals surface area contributed by atoms with Gasteiger partial charge in [-0.2, -0.15) is 0 Å². The lowest BCUT2D eigenvalue weighted by molar-refractivity contribution is -0.150. The van der Waals surface area contributed by atoms with Gasteiger partial charge in [0.25, 0.3) is 0 Å². The molecule has 1 N–H and O–H groups in total. The number of benzene rings is 1. The Morgan fingerprint density at radius 1 is 1.24 bits per heavy atom. The Bertz CT molecular complexity index is 495. The van der Waals surface area contributed by atoms with Crippen molar-refractivity contribution in [1.29, 1.82) is 0 Å². The van der Waals surface area contributed by atoms with Crippen molar-refractivity contribution in [1.82, 2.24) is 0 Å². The molecule has 114 valence electrons. The van der Waals surface area contributed by atoms with Crippen molar-refractivity contribution in [3.8, 4) is 0 Å². The average molecular weight is 289 g/mol. The van der Waals surface area contributed by atoms with E-state index in [0.717, 1.165) is 30.5 Å². The minimum Gasteiger partial charge on any atom is -0.462 e. The number of hydrogen-bond acceptors (Lipinski definition) is 3. The summed E-state index contributed by atoms with van der Waals surface area (Å²) < 4.78 is 5.55. The van der Waals surface area contributed by atoms with Gasteiger partial charge in [0, 0.05) is 12.6 Å². The molecule has 2 atom stereocenters. The first kappa shape index (κ1) is 15.5. The van der Waals surface area contributed by atoms with E-state index in [1.165, 1.54) is 13.3 Å². The number of rotatable bonds is 4. The molecule has 4 nitrogen and oxygen atoms in total. The minimum atomic E-state index is -0.165. The van der Waals surface area contributed by atoms with Gasteiger partial charge in [-0.05, 0) is 42.9 Å². The van der Waals surface area contributed by atoms with Crippen LogP contribution in [0.1, 0.15) is 45.1 Å². The van der Waals surface area contributed by atoms with Crippen LogP contribution in [0.3, 0.4) is 0 Å². The summed E-state index contributed by atoms with van der Waals surface area (Å²) in [6, 6.07) is 7.28. The molecule has 21 heavy (non-hydrogen) atoms. The molecule has 1 aliphatic rings. The largest absolute Gasteiger partial charge is 0.462 e. The molecule has 1 aliphatic carbocycles. The van der Waals surface area contributed by atoms with Gasteiger partial charge in [0.15, 0.2) is 0 Å². The molecule has 1 fully saturated rings. The number of carbonyl (C=O) groups is 2. The van der Waals surface area contributed by atoms with Gasteiger partial charge in [-0.1, -0.05) is 25.5 Å². The Morgan fingerprint density at radius 2 is 1.95 bits per heavy atom. The number of esters is 1. The van der Waals surface area contributed by atoms with E-state index in [1.807, 2.05) is 12.1 Å². The van der Waals surface area contributed by atoms with Gasteiger partial charge in [0.1, 0.15) is 6.10 Å². The predicted molar refractivity (Wildman–Crippen MR) is 82.0 cm³/mol. The Hall–Kier alpha value is -1.84. The van der Waals surface area contributed by atoms with Crippen molar-refractivity contribution >= 4 is 17.6 Å². The Kier molecular flexibility index (Phi) is 5.37. The van der Waals surface area contributed by atoms with Crippen molar-refractivity contribution in [3.63, 3.8) is 0 Å². The third-order valence-corrected chi connectivity index (χ3v) is 3.81. The van der Waals surface area contributed by atoms with Gasteiger partial charge in [-0.15, -0.1) is 0 Å². The molecule has 2 unspecified atom stereocenters. The molecule has 0 spiro atoms. The van der Waals surface area contributed by atoms with Gasteiger partial charge in [0.05, 0.1) is 6.42 Å². The summed E-state index contributed by atoms with van der Waals surface area (Å²) in [5.41, 5.74) is 1.64. The minimum absolute atomic E-state index is 0.0832. The van der Waals surface area contributed by atoms with Gasteiger partial charge in [0.2, 0.25) is 5.91 Å². The highest BCUT2D eigenvalue weighted by atomic mass is 16.5. The summed E-state index contributed by atoms with van der Waals surface area (Å²) in [6.07, 6.45) is 4.71. The van der Waals surface area contributed by atoms with Crippen LogP contribution in [0.4, 0.5) is 5.69 Å². The number of ether oxygens (including phenoxy) is 1. The number of carbonyl (C=O) groups excluding carboxylic acids is 2. The van der Waals surface area contributed by atoms with Crippen LogP contribution < -0.4 is 5.32 Å². The van der Waals surface area contributed by atoms with Crippen LogP contribution in [0.15, 0.2) is 24.3 Å². The molecule has 0 bridgehead atoms. The third kappa shape index (κ3) is 5.21. The standard InChI is InChI=1S/C17H23NO3/c1-12-4-3-5-16(10-12)21-17(20)11-14-6-8-15(9-7-14)18-13(2)19/h6-9,12,16H,3-5,10-11H2,1-2H3,(H,18,19). The first-order valence-corrected chi connectivity index (χ1v) is 7.59. The van der Waals surface area contributed by atoms with Crippen molar-refractivity contribution in [2.75, 3.05) is 5.32 Å². The van der Waals surface area contributed by atoms with Crippen LogP contribution in [-0.4, -0.2) is 18.0 Å². The van der Waals surface area contributed by atoms with Gasteiger partial charge < -0.3 is 10.1 Å². The number of anilines is 1. The maximum atomic E-state index is 12.0. The lowest BCUT2D eigenvalue weighted by Gasteiger charge is -2.26. The molecule has 1 amide bonds. The van der Waals surface area contributed by atoms with E-state index in [9.17, 15) is 9.59 Å². The molecular weight excluding hydrogens is 266 g/mol. The number of hydrogen-bond donors (Lipinski definition) is 1. The fourth-order valence-electron chi connectivity index (χ4n) is 2.79. The van der Waals surface area contributed by atoms with Crippen LogP contribution in [-0.2, 0) is 20.7 Å². The summed E-state index contributed by atoms with van der Waals surface area (Å²) in [6.45, 7) is 3.68. The fraction of sp³-hybridized carbons (Fsp3) is 0.529. The van der Waals surface area contributed by atoms with Crippen LogP contribution in [0, 0.1) is 5.92 Å². The Labute approximate surface area is 125 Å². The van der Waals surface area contributed by atoms with E-state index in [4.69, 9.17) is 4.74 Å². The summed E-state index contributed by atoms with van der Waals surface area (Å²) >= 11 is 0. The van der Waals surface area contributed by atoms with Crippen molar-refractivity contribution in [2.24, 2.45) is 5.92 Å². The zero-order valence-corrected chi connectivity index (χ0v) is 12.7. The molecule has 0 saturated heterocycles. The SMILES string of the molecule is CC(=O)Nc1ccc(CC(=O)OC2CCCC(C)C2)cc1. The zero-order valence-electron chi connectivity index (χ0n) is 12.7. The van der Waals surface area contributed by atoms with Crippen LogP contribution in [0.2, 0.25) is 0 Å². The van der Waals surface area contributed by atoms with Crippen LogP contribution in [0.25, 0.3) is 0 Å². The van der Waals surface area contributed by atoms with E-state index < -0.39 is 0 Å². The second kappa shape index (κ2) is 7.25. The quantitative estimate of drug-likeness (QED) is 0.865. The van der Waals surface area contributed by atoms with Crippen molar-refractivity contribution in [2.45, 2.75) is 52.1 Å². The summed E-state index contributed by atoms with van der Waals surface area (Å²) in [4.78, 5) is 22.9.